The molecule has 0 aliphatic heterocycles. The summed E-state index contributed by atoms with van der Waals surface area (Å²) in [5.74, 6) is 0.486. The largest absolute Gasteiger partial charge is 0.326 e. The Balaban J connectivity index is 1.49. The molecular weight excluding hydrogens is 360 g/mol. The summed E-state index contributed by atoms with van der Waals surface area (Å²) in [6, 6.07) is 12.9. The van der Waals surface area contributed by atoms with Crippen molar-refractivity contribution in [1.82, 2.24) is 14.5 Å². The fraction of sp³-hybridized carbons (Fsp3) is 0.200. The van der Waals surface area contributed by atoms with Gasteiger partial charge < -0.3 is 5.32 Å². The first kappa shape index (κ1) is 17.4. The summed E-state index contributed by atoms with van der Waals surface area (Å²) in [6.07, 6.45) is 0.642. The molecule has 7 heteroatoms. The lowest BCUT2D eigenvalue weighted by molar-refractivity contribution is -0.116. The lowest BCUT2D eigenvalue weighted by Crippen LogP contribution is -2.23. The minimum atomic E-state index is -0.113. The van der Waals surface area contributed by atoms with Gasteiger partial charge >= 0.3 is 0 Å². The Morgan fingerprint density at radius 3 is 2.81 bits per heavy atom. The van der Waals surface area contributed by atoms with E-state index in [4.69, 9.17) is 0 Å². The molecule has 4 rings (SSSR count). The van der Waals surface area contributed by atoms with Crippen LogP contribution in [-0.2, 0) is 18.3 Å². The van der Waals surface area contributed by atoms with Gasteiger partial charge in [0.15, 0.2) is 0 Å². The highest BCUT2D eigenvalue weighted by atomic mass is 32.1. The second-order valence-corrected chi connectivity index (χ2v) is 7.61. The van der Waals surface area contributed by atoms with Gasteiger partial charge in [-0.1, -0.05) is 12.1 Å². The van der Waals surface area contributed by atoms with E-state index >= 15 is 0 Å². The molecule has 0 saturated carbocycles. The second kappa shape index (κ2) is 6.92. The Hall–Kier alpha value is -3.06. The maximum atomic E-state index is 12.4. The van der Waals surface area contributed by atoms with Crippen LogP contribution in [0.3, 0.4) is 0 Å². The minimum absolute atomic E-state index is 0.0953. The summed E-state index contributed by atoms with van der Waals surface area (Å²) in [7, 11) is 1.69. The van der Waals surface area contributed by atoms with Gasteiger partial charge in [-0.05, 0) is 37.3 Å². The number of nitrogens with zero attached hydrogens (tertiary/aromatic N) is 3. The van der Waals surface area contributed by atoms with Crippen LogP contribution in [0, 0.1) is 6.92 Å². The Bertz CT molecular complexity index is 1230. The lowest BCUT2D eigenvalue weighted by atomic mass is 10.2. The average Bonchev–Trinajstić information content (AvgIpc) is 3.03. The maximum absolute atomic E-state index is 12.4. The van der Waals surface area contributed by atoms with Gasteiger partial charge in [-0.25, -0.2) is 9.97 Å². The number of carbonyl (C=O) groups excluding carboxylic acids is 1. The van der Waals surface area contributed by atoms with E-state index < -0.39 is 0 Å². The van der Waals surface area contributed by atoms with Crippen LogP contribution in [0.25, 0.3) is 21.1 Å². The van der Waals surface area contributed by atoms with Crippen molar-refractivity contribution in [1.29, 1.82) is 0 Å². The molecule has 0 atom stereocenters. The molecule has 1 N–H and O–H groups in total. The monoisotopic (exact) mass is 378 g/mol. The molecule has 6 nitrogen and oxygen atoms in total. The Morgan fingerprint density at radius 2 is 1.96 bits per heavy atom. The molecule has 0 unspecified atom stereocenters. The van der Waals surface area contributed by atoms with Gasteiger partial charge in [0.2, 0.25) is 5.91 Å². The van der Waals surface area contributed by atoms with Crippen molar-refractivity contribution >= 4 is 44.1 Å². The number of anilines is 1. The summed E-state index contributed by atoms with van der Waals surface area (Å²) in [5, 5.41) is 4.49. The van der Waals surface area contributed by atoms with Gasteiger partial charge in [-0.3, -0.25) is 14.2 Å². The van der Waals surface area contributed by atoms with E-state index in [1.807, 2.05) is 43.3 Å². The number of benzene rings is 2. The van der Waals surface area contributed by atoms with E-state index in [9.17, 15) is 9.59 Å². The molecule has 0 spiro atoms. The summed E-state index contributed by atoms with van der Waals surface area (Å²) < 4.78 is 2.56. The van der Waals surface area contributed by atoms with Crippen LogP contribution in [0.2, 0.25) is 0 Å². The molecule has 2 heterocycles. The van der Waals surface area contributed by atoms with E-state index in [2.05, 4.69) is 15.3 Å². The number of para-hydroxylation sites is 1. The molecule has 1 amide bonds. The first-order valence-corrected chi connectivity index (χ1v) is 9.44. The maximum Gasteiger partial charge on any atom is 0.261 e. The quantitative estimate of drug-likeness (QED) is 0.590. The average molecular weight is 378 g/mol. The lowest BCUT2D eigenvalue weighted by Gasteiger charge is -2.09. The fourth-order valence-corrected chi connectivity index (χ4v) is 3.92. The summed E-state index contributed by atoms with van der Waals surface area (Å²) in [5.41, 5.74) is 2.24. The van der Waals surface area contributed by atoms with Gasteiger partial charge in [0, 0.05) is 25.6 Å². The van der Waals surface area contributed by atoms with Gasteiger partial charge in [-0.15, -0.1) is 11.3 Å². The highest BCUT2D eigenvalue weighted by molar-refractivity contribution is 7.18. The predicted molar refractivity (Wildman–Crippen MR) is 108 cm³/mol. The van der Waals surface area contributed by atoms with Crippen molar-refractivity contribution < 1.29 is 4.79 Å². The normalized spacial score (nSPS) is 11.2. The number of hydrogen-bond donors (Lipinski definition) is 1. The number of carbonyl (C=O) groups is 1. The minimum Gasteiger partial charge on any atom is -0.326 e. The molecule has 2 aromatic heterocycles. The molecule has 0 saturated heterocycles. The van der Waals surface area contributed by atoms with Crippen LogP contribution in [0.15, 0.2) is 47.3 Å². The zero-order chi connectivity index (χ0) is 19.0. The number of amides is 1. The summed E-state index contributed by atoms with van der Waals surface area (Å²) in [4.78, 5) is 33.7. The number of hydrogen-bond acceptors (Lipinski definition) is 5. The zero-order valence-corrected chi connectivity index (χ0v) is 15.8. The SMILES string of the molecule is Cc1nc2ccc(NC(=O)CCc3nc4ccccc4c(=O)n3C)cc2s1. The van der Waals surface area contributed by atoms with Crippen LogP contribution < -0.4 is 10.9 Å². The van der Waals surface area contributed by atoms with Gasteiger partial charge in [0.1, 0.15) is 5.82 Å². The Morgan fingerprint density at radius 1 is 1.15 bits per heavy atom. The standard InChI is InChI=1S/C20H18N4O2S/c1-12-21-16-8-7-13(11-17(16)27-12)22-19(25)10-9-18-23-15-6-4-3-5-14(15)20(26)24(18)2/h3-8,11H,9-10H2,1-2H3,(H,22,25). The number of thiazole rings is 1. The van der Waals surface area contributed by atoms with Crippen molar-refractivity contribution in [2.45, 2.75) is 19.8 Å². The van der Waals surface area contributed by atoms with Crippen molar-refractivity contribution in [2.75, 3.05) is 5.32 Å². The van der Waals surface area contributed by atoms with Crippen molar-refractivity contribution in [3.63, 3.8) is 0 Å². The van der Waals surface area contributed by atoms with E-state index in [1.165, 1.54) is 4.57 Å². The van der Waals surface area contributed by atoms with E-state index in [1.54, 1.807) is 24.5 Å². The topological polar surface area (TPSA) is 76.9 Å². The third kappa shape index (κ3) is 3.46. The Kier molecular flexibility index (Phi) is 4.45. The molecule has 0 fully saturated rings. The fourth-order valence-electron chi connectivity index (χ4n) is 3.05. The predicted octanol–water partition coefficient (Wildman–Crippen LogP) is 3.42. The first-order chi connectivity index (χ1) is 13.0. The van der Waals surface area contributed by atoms with Crippen LogP contribution in [-0.4, -0.2) is 20.4 Å². The van der Waals surface area contributed by atoms with Crippen LogP contribution in [0.1, 0.15) is 17.3 Å². The first-order valence-electron chi connectivity index (χ1n) is 8.63. The number of aromatic nitrogens is 3. The molecule has 27 heavy (non-hydrogen) atoms. The third-order valence-corrected chi connectivity index (χ3v) is 5.36. The van der Waals surface area contributed by atoms with Crippen molar-refractivity contribution in [3.8, 4) is 0 Å². The highest BCUT2D eigenvalue weighted by Gasteiger charge is 2.11. The van der Waals surface area contributed by atoms with Gasteiger partial charge in [0.05, 0.1) is 26.1 Å². The molecule has 4 aromatic rings. The van der Waals surface area contributed by atoms with Gasteiger partial charge in [-0.2, -0.15) is 0 Å². The number of nitrogens with one attached hydrogen (secondary N) is 1. The summed E-state index contributed by atoms with van der Waals surface area (Å²) >= 11 is 1.60. The number of aryl methyl sites for hydroxylation is 2. The van der Waals surface area contributed by atoms with E-state index in [0.29, 0.717) is 23.1 Å². The molecule has 0 bridgehead atoms. The number of rotatable bonds is 4. The van der Waals surface area contributed by atoms with E-state index in [0.717, 1.165) is 20.9 Å². The molecule has 0 aliphatic rings. The van der Waals surface area contributed by atoms with Crippen LogP contribution in [0.4, 0.5) is 5.69 Å². The molecule has 0 radical (unpaired) electrons. The second-order valence-electron chi connectivity index (χ2n) is 6.37. The highest BCUT2D eigenvalue weighted by Crippen LogP contribution is 2.24. The number of fused-ring (bicyclic) bond motifs is 2. The van der Waals surface area contributed by atoms with Crippen molar-refractivity contribution in [3.05, 3.63) is 63.7 Å². The Labute approximate surface area is 159 Å². The zero-order valence-electron chi connectivity index (χ0n) is 15.0. The molecule has 136 valence electrons. The third-order valence-electron chi connectivity index (χ3n) is 4.43. The van der Waals surface area contributed by atoms with Crippen LogP contribution >= 0.6 is 11.3 Å². The smallest absolute Gasteiger partial charge is 0.261 e. The van der Waals surface area contributed by atoms with E-state index in [-0.39, 0.29) is 17.9 Å². The summed E-state index contributed by atoms with van der Waals surface area (Å²) in [6.45, 7) is 1.96. The van der Waals surface area contributed by atoms with Crippen LogP contribution in [0.5, 0.6) is 0 Å². The molecule has 2 aromatic carbocycles. The van der Waals surface area contributed by atoms with Crippen molar-refractivity contribution in [2.24, 2.45) is 7.05 Å². The van der Waals surface area contributed by atoms with Gasteiger partial charge in [0.25, 0.3) is 5.56 Å². The molecule has 0 aliphatic carbocycles. The molecular formula is C20H18N4O2S.